The SMILES string of the molecule is COc1cc(C2CC(CCN3CC(C)(C)CC3=O)N(CC=O)C2)cc2c1OCO2. The number of nitrogens with zero attached hydrogens (tertiary/aromatic N) is 2. The van der Waals surface area contributed by atoms with E-state index in [9.17, 15) is 9.59 Å². The average molecular weight is 402 g/mol. The van der Waals surface area contributed by atoms with Crippen LogP contribution in [0.5, 0.6) is 17.2 Å². The van der Waals surface area contributed by atoms with Gasteiger partial charge in [-0.15, -0.1) is 0 Å². The van der Waals surface area contributed by atoms with Crippen LogP contribution >= 0.6 is 0 Å². The summed E-state index contributed by atoms with van der Waals surface area (Å²) in [5.74, 6) is 2.59. The van der Waals surface area contributed by atoms with Crippen LogP contribution in [0.25, 0.3) is 0 Å². The van der Waals surface area contributed by atoms with E-state index in [1.165, 1.54) is 0 Å². The highest BCUT2D eigenvalue weighted by Gasteiger charge is 2.38. The van der Waals surface area contributed by atoms with Crippen molar-refractivity contribution in [1.82, 2.24) is 9.80 Å². The van der Waals surface area contributed by atoms with Gasteiger partial charge in [-0.2, -0.15) is 0 Å². The van der Waals surface area contributed by atoms with Crippen molar-refractivity contribution in [2.75, 3.05) is 40.1 Å². The smallest absolute Gasteiger partial charge is 0.231 e. The largest absolute Gasteiger partial charge is 0.493 e. The van der Waals surface area contributed by atoms with Gasteiger partial charge in [0.05, 0.1) is 13.7 Å². The van der Waals surface area contributed by atoms with Crippen molar-refractivity contribution in [3.63, 3.8) is 0 Å². The molecule has 2 atom stereocenters. The molecule has 7 nitrogen and oxygen atoms in total. The molecule has 2 fully saturated rings. The first-order valence-corrected chi connectivity index (χ1v) is 10.3. The number of fused-ring (bicyclic) bond motifs is 1. The number of carbonyl (C=O) groups excluding carboxylic acids is 2. The minimum Gasteiger partial charge on any atom is -0.493 e. The monoisotopic (exact) mass is 402 g/mol. The summed E-state index contributed by atoms with van der Waals surface area (Å²) in [5, 5.41) is 0. The summed E-state index contributed by atoms with van der Waals surface area (Å²) in [6.07, 6.45) is 3.42. The summed E-state index contributed by atoms with van der Waals surface area (Å²) < 4.78 is 16.6. The second-order valence-corrected chi connectivity index (χ2v) is 9.11. The predicted molar refractivity (Wildman–Crippen MR) is 107 cm³/mol. The zero-order chi connectivity index (χ0) is 20.6. The van der Waals surface area contributed by atoms with Gasteiger partial charge in [0.15, 0.2) is 11.5 Å². The van der Waals surface area contributed by atoms with Gasteiger partial charge in [-0.25, -0.2) is 0 Å². The van der Waals surface area contributed by atoms with Gasteiger partial charge in [-0.05, 0) is 41.9 Å². The minimum atomic E-state index is 0.0564. The molecule has 3 heterocycles. The molecule has 0 radical (unpaired) electrons. The fourth-order valence-corrected chi connectivity index (χ4v) is 4.92. The predicted octanol–water partition coefficient (Wildman–Crippen LogP) is 2.43. The lowest BCUT2D eigenvalue weighted by Crippen LogP contribution is -2.36. The molecule has 7 heteroatoms. The summed E-state index contributed by atoms with van der Waals surface area (Å²) in [4.78, 5) is 27.7. The normalized spacial score (nSPS) is 25.6. The molecular formula is C22H30N2O5. The van der Waals surface area contributed by atoms with E-state index in [2.05, 4.69) is 18.7 Å². The summed E-state index contributed by atoms with van der Waals surface area (Å²) in [7, 11) is 1.63. The maximum absolute atomic E-state index is 12.3. The molecule has 0 N–H and O–H groups in total. The molecule has 2 saturated heterocycles. The van der Waals surface area contributed by atoms with E-state index in [0.29, 0.717) is 24.5 Å². The molecule has 2 unspecified atom stereocenters. The van der Waals surface area contributed by atoms with Crippen LogP contribution < -0.4 is 14.2 Å². The highest BCUT2D eigenvalue weighted by atomic mass is 16.7. The maximum atomic E-state index is 12.3. The minimum absolute atomic E-state index is 0.0564. The fourth-order valence-electron chi connectivity index (χ4n) is 4.92. The summed E-state index contributed by atoms with van der Waals surface area (Å²) in [6.45, 7) is 7.28. The molecular weight excluding hydrogens is 372 g/mol. The summed E-state index contributed by atoms with van der Waals surface area (Å²) in [6, 6.07) is 4.33. The van der Waals surface area contributed by atoms with Crippen molar-refractivity contribution in [2.45, 2.75) is 45.1 Å². The van der Waals surface area contributed by atoms with Crippen LogP contribution in [0.2, 0.25) is 0 Å². The molecule has 0 aromatic heterocycles. The number of hydrogen-bond donors (Lipinski definition) is 0. The van der Waals surface area contributed by atoms with Gasteiger partial charge in [0.25, 0.3) is 0 Å². The van der Waals surface area contributed by atoms with Crippen LogP contribution in [0, 0.1) is 5.41 Å². The van der Waals surface area contributed by atoms with Crippen molar-refractivity contribution in [1.29, 1.82) is 0 Å². The maximum Gasteiger partial charge on any atom is 0.231 e. The molecule has 1 amide bonds. The Morgan fingerprint density at radius 2 is 2.14 bits per heavy atom. The Kier molecular flexibility index (Phi) is 5.42. The lowest BCUT2D eigenvalue weighted by atomic mass is 9.93. The Hall–Kier alpha value is -2.28. The molecule has 158 valence electrons. The topological polar surface area (TPSA) is 68.3 Å². The Bertz CT molecular complexity index is 794. The molecule has 1 aromatic rings. The second kappa shape index (κ2) is 7.86. The number of hydrogen-bond acceptors (Lipinski definition) is 6. The second-order valence-electron chi connectivity index (χ2n) is 9.11. The zero-order valence-corrected chi connectivity index (χ0v) is 17.5. The number of carbonyl (C=O) groups is 2. The highest BCUT2D eigenvalue weighted by molar-refractivity contribution is 5.79. The average Bonchev–Trinajstić information content (AvgIpc) is 3.36. The third-order valence-electron chi connectivity index (χ3n) is 6.32. The van der Waals surface area contributed by atoms with E-state index < -0.39 is 0 Å². The van der Waals surface area contributed by atoms with Crippen LogP contribution in [0.1, 0.15) is 44.6 Å². The first kappa shape index (κ1) is 20.0. The number of aldehydes is 1. The molecule has 0 aliphatic carbocycles. The molecule has 1 aromatic carbocycles. The van der Waals surface area contributed by atoms with Crippen LogP contribution in [0.4, 0.5) is 0 Å². The van der Waals surface area contributed by atoms with Gasteiger partial charge in [-0.1, -0.05) is 13.8 Å². The first-order chi connectivity index (χ1) is 13.9. The number of ether oxygens (including phenoxy) is 3. The molecule has 3 aliphatic rings. The van der Waals surface area contributed by atoms with Crippen molar-refractivity contribution in [2.24, 2.45) is 5.41 Å². The van der Waals surface area contributed by atoms with Crippen LogP contribution in [0.15, 0.2) is 12.1 Å². The Labute approximate surface area is 171 Å². The zero-order valence-electron chi connectivity index (χ0n) is 17.5. The fraction of sp³-hybridized carbons (Fsp3) is 0.636. The molecule has 0 spiro atoms. The van der Waals surface area contributed by atoms with Gasteiger partial charge >= 0.3 is 0 Å². The quantitative estimate of drug-likeness (QED) is 0.653. The molecule has 3 aliphatic heterocycles. The van der Waals surface area contributed by atoms with Crippen LogP contribution in [-0.2, 0) is 9.59 Å². The van der Waals surface area contributed by atoms with Gasteiger partial charge < -0.3 is 23.9 Å². The van der Waals surface area contributed by atoms with E-state index in [4.69, 9.17) is 14.2 Å². The lowest BCUT2D eigenvalue weighted by molar-refractivity contribution is -0.128. The molecule has 4 rings (SSSR count). The first-order valence-electron chi connectivity index (χ1n) is 10.3. The Morgan fingerprint density at radius 3 is 2.83 bits per heavy atom. The van der Waals surface area contributed by atoms with E-state index >= 15 is 0 Å². The number of likely N-dealkylation sites (tertiary alicyclic amines) is 2. The van der Waals surface area contributed by atoms with E-state index in [1.54, 1.807) is 7.11 Å². The summed E-state index contributed by atoms with van der Waals surface area (Å²) in [5.41, 5.74) is 1.20. The van der Waals surface area contributed by atoms with Crippen LogP contribution in [0.3, 0.4) is 0 Å². The number of methoxy groups -OCH3 is 1. The van der Waals surface area contributed by atoms with Gasteiger partial charge in [0, 0.05) is 32.1 Å². The van der Waals surface area contributed by atoms with Gasteiger partial charge in [0.2, 0.25) is 18.4 Å². The van der Waals surface area contributed by atoms with E-state index in [0.717, 1.165) is 50.1 Å². The molecule has 0 saturated carbocycles. The highest BCUT2D eigenvalue weighted by Crippen LogP contribution is 2.45. The van der Waals surface area contributed by atoms with E-state index in [1.807, 2.05) is 17.0 Å². The van der Waals surface area contributed by atoms with Gasteiger partial charge in [0.1, 0.15) is 6.29 Å². The van der Waals surface area contributed by atoms with Crippen molar-refractivity contribution < 1.29 is 23.8 Å². The Morgan fingerprint density at radius 1 is 1.31 bits per heavy atom. The third-order valence-corrected chi connectivity index (χ3v) is 6.32. The molecule has 0 bridgehead atoms. The van der Waals surface area contributed by atoms with Crippen molar-refractivity contribution in [3.8, 4) is 17.2 Å². The van der Waals surface area contributed by atoms with Crippen LogP contribution in [-0.4, -0.2) is 68.1 Å². The lowest BCUT2D eigenvalue weighted by Gasteiger charge is -2.25. The van der Waals surface area contributed by atoms with Gasteiger partial charge in [-0.3, -0.25) is 9.69 Å². The van der Waals surface area contributed by atoms with E-state index in [-0.39, 0.29) is 30.1 Å². The third kappa shape index (κ3) is 4.06. The number of amides is 1. The summed E-state index contributed by atoms with van der Waals surface area (Å²) >= 11 is 0. The number of rotatable bonds is 7. The Balaban J connectivity index is 1.46. The standard InChI is InChI=1S/C22H30N2O5/c1-22(2)11-20(26)24(13-22)5-4-17-8-16(12-23(17)6-7-25)15-9-18(27-3)21-19(10-15)28-14-29-21/h7,9-10,16-17H,4-6,8,11-14H2,1-3H3. The molecule has 29 heavy (non-hydrogen) atoms. The number of benzene rings is 1. The van der Waals surface area contributed by atoms with Crippen molar-refractivity contribution in [3.05, 3.63) is 17.7 Å². The van der Waals surface area contributed by atoms with Crippen molar-refractivity contribution >= 4 is 12.2 Å².